The van der Waals surface area contributed by atoms with Crippen molar-refractivity contribution in [2.75, 3.05) is 5.32 Å². The van der Waals surface area contributed by atoms with Gasteiger partial charge in [-0.2, -0.15) is 5.10 Å². The highest BCUT2D eigenvalue weighted by Crippen LogP contribution is 2.26. The molecule has 3 nitrogen and oxygen atoms in total. The number of nitrogens with zero attached hydrogens (tertiary/aromatic N) is 2. The smallest absolute Gasteiger partial charge is 0.148 e. The lowest BCUT2D eigenvalue weighted by Gasteiger charge is -2.12. The Labute approximate surface area is 84.9 Å². The number of aryl methyl sites for hydroxylation is 1. The minimum absolute atomic E-state index is 0.599. The first kappa shape index (κ1) is 9.44. The predicted molar refractivity (Wildman–Crippen MR) is 57.2 cm³/mol. The molecule has 0 spiro atoms. The molecule has 2 rings (SSSR count). The Morgan fingerprint density at radius 2 is 2.14 bits per heavy atom. The van der Waals surface area contributed by atoms with Crippen LogP contribution in [0.15, 0.2) is 12.1 Å². The molecular formula is C11H17N3. The molecule has 2 atom stereocenters. The van der Waals surface area contributed by atoms with E-state index in [1.54, 1.807) is 0 Å². The summed E-state index contributed by atoms with van der Waals surface area (Å²) in [7, 11) is 0. The second-order valence-electron chi connectivity index (χ2n) is 4.32. The van der Waals surface area contributed by atoms with Crippen molar-refractivity contribution in [2.45, 2.75) is 39.2 Å². The monoisotopic (exact) mass is 191 g/mol. The first-order valence-electron chi connectivity index (χ1n) is 5.31. The highest BCUT2D eigenvalue weighted by molar-refractivity contribution is 5.34. The summed E-state index contributed by atoms with van der Waals surface area (Å²) in [6, 6.07) is 4.60. The number of hydrogen-bond acceptors (Lipinski definition) is 3. The highest BCUT2D eigenvalue weighted by Gasteiger charge is 2.21. The molecular weight excluding hydrogens is 174 g/mol. The molecule has 14 heavy (non-hydrogen) atoms. The van der Waals surface area contributed by atoms with Gasteiger partial charge < -0.3 is 5.32 Å². The van der Waals surface area contributed by atoms with Crippen molar-refractivity contribution in [3.05, 3.63) is 17.8 Å². The molecule has 0 saturated heterocycles. The van der Waals surface area contributed by atoms with Gasteiger partial charge in [0.2, 0.25) is 0 Å². The zero-order valence-electron chi connectivity index (χ0n) is 8.83. The largest absolute Gasteiger partial charge is 0.366 e. The van der Waals surface area contributed by atoms with Crippen LogP contribution in [0.4, 0.5) is 5.82 Å². The summed E-state index contributed by atoms with van der Waals surface area (Å²) in [5.74, 6) is 1.76. The average Bonchev–Trinajstić information content (AvgIpc) is 2.56. The van der Waals surface area contributed by atoms with Gasteiger partial charge in [0, 0.05) is 6.04 Å². The van der Waals surface area contributed by atoms with Crippen molar-refractivity contribution in [3.8, 4) is 0 Å². The van der Waals surface area contributed by atoms with Crippen molar-refractivity contribution < 1.29 is 0 Å². The van der Waals surface area contributed by atoms with Gasteiger partial charge in [0.15, 0.2) is 0 Å². The normalized spacial score (nSPS) is 26.4. The number of aromatic nitrogens is 2. The molecule has 1 N–H and O–H groups in total. The molecule has 76 valence electrons. The van der Waals surface area contributed by atoms with Crippen molar-refractivity contribution in [2.24, 2.45) is 5.92 Å². The van der Waals surface area contributed by atoms with Gasteiger partial charge in [-0.15, -0.1) is 5.10 Å². The van der Waals surface area contributed by atoms with E-state index in [2.05, 4.69) is 22.4 Å². The summed E-state index contributed by atoms with van der Waals surface area (Å²) in [5.41, 5.74) is 0.968. The lowest BCUT2D eigenvalue weighted by Crippen LogP contribution is -2.16. The van der Waals surface area contributed by atoms with Gasteiger partial charge in [-0.05, 0) is 44.2 Å². The maximum atomic E-state index is 4.11. The van der Waals surface area contributed by atoms with Gasteiger partial charge in [0.05, 0.1) is 5.69 Å². The second kappa shape index (κ2) is 3.95. The van der Waals surface area contributed by atoms with Crippen molar-refractivity contribution >= 4 is 5.82 Å². The SMILES string of the molecule is Cc1ccc(NC2CCC(C)C2)nn1. The van der Waals surface area contributed by atoms with Crippen LogP contribution in [-0.2, 0) is 0 Å². The van der Waals surface area contributed by atoms with Crippen LogP contribution in [0, 0.1) is 12.8 Å². The lowest BCUT2D eigenvalue weighted by atomic mass is 10.1. The summed E-state index contributed by atoms with van der Waals surface area (Å²) in [6.07, 6.45) is 3.85. The van der Waals surface area contributed by atoms with Crippen molar-refractivity contribution in [1.29, 1.82) is 0 Å². The van der Waals surface area contributed by atoms with Gasteiger partial charge in [-0.3, -0.25) is 0 Å². The second-order valence-corrected chi connectivity index (χ2v) is 4.32. The topological polar surface area (TPSA) is 37.8 Å². The molecule has 1 aromatic rings. The summed E-state index contributed by atoms with van der Waals surface area (Å²) < 4.78 is 0. The van der Waals surface area contributed by atoms with Crippen LogP contribution in [0.25, 0.3) is 0 Å². The fraction of sp³-hybridized carbons (Fsp3) is 0.636. The van der Waals surface area contributed by atoms with Crippen LogP contribution in [0.3, 0.4) is 0 Å². The first-order valence-corrected chi connectivity index (χ1v) is 5.31. The van der Waals surface area contributed by atoms with Gasteiger partial charge in [-0.25, -0.2) is 0 Å². The predicted octanol–water partition coefficient (Wildman–Crippen LogP) is 2.39. The molecule has 0 amide bonds. The Hall–Kier alpha value is -1.12. The Morgan fingerprint density at radius 3 is 2.71 bits per heavy atom. The van der Waals surface area contributed by atoms with Gasteiger partial charge in [-0.1, -0.05) is 6.92 Å². The third-order valence-electron chi connectivity index (χ3n) is 2.84. The summed E-state index contributed by atoms with van der Waals surface area (Å²) in [5, 5.41) is 11.6. The van der Waals surface area contributed by atoms with Crippen LogP contribution in [0.5, 0.6) is 0 Å². The minimum atomic E-state index is 0.599. The Kier molecular flexibility index (Phi) is 2.66. The molecule has 0 radical (unpaired) electrons. The zero-order chi connectivity index (χ0) is 9.97. The van der Waals surface area contributed by atoms with E-state index >= 15 is 0 Å². The van der Waals surface area contributed by atoms with Gasteiger partial charge >= 0.3 is 0 Å². The standard InChI is InChI=1S/C11H17N3/c1-8-3-5-10(7-8)12-11-6-4-9(2)13-14-11/h4,6,8,10H,3,5,7H2,1-2H3,(H,12,14). The quantitative estimate of drug-likeness (QED) is 0.780. The molecule has 1 aromatic heterocycles. The Balaban J connectivity index is 1.94. The lowest BCUT2D eigenvalue weighted by molar-refractivity contribution is 0.602. The van der Waals surface area contributed by atoms with E-state index in [9.17, 15) is 0 Å². The molecule has 1 heterocycles. The number of hydrogen-bond donors (Lipinski definition) is 1. The van der Waals surface area contributed by atoms with Crippen molar-refractivity contribution in [1.82, 2.24) is 10.2 Å². The van der Waals surface area contributed by atoms with Crippen LogP contribution >= 0.6 is 0 Å². The van der Waals surface area contributed by atoms with Gasteiger partial charge in [0.25, 0.3) is 0 Å². The molecule has 0 bridgehead atoms. The van der Waals surface area contributed by atoms with Crippen LogP contribution < -0.4 is 5.32 Å². The average molecular weight is 191 g/mol. The molecule has 0 aromatic carbocycles. The third-order valence-corrected chi connectivity index (χ3v) is 2.84. The zero-order valence-corrected chi connectivity index (χ0v) is 8.83. The van der Waals surface area contributed by atoms with Crippen LogP contribution in [0.2, 0.25) is 0 Å². The summed E-state index contributed by atoms with van der Waals surface area (Å²) in [6.45, 7) is 4.26. The van der Waals surface area contributed by atoms with Gasteiger partial charge in [0.1, 0.15) is 5.82 Å². The third kappa shape index (κ3) is 2.22. The maximum absolute atomic E-state index is 4.11. The Morgan fingerprint density at radius 1 is 1.29 bits per heavy atom. The first-order chi connectivity index (χ1) is 6.74. The number of nitrogens with one attached hydrogen (secondary N) is 1. The minimum Gasteiger partial charge on any atom is -0.366 e. The molecule has 1 saturated carbocycles. The van der Waals surface area contributed by atoms with E-state index in [0.29, 0.717) is 6.04 Å². The van der Waals surface area contributed by atoms with E-state index < -0.39 is 0 Å². The Bertz CT molecular complexity index is 294. The fourth-order valence-electron chi connectivity index (χ4n) is 2.02. The molecule has 1 fully saturated rings. The molecule has 1 aliphatic carbocycles. The van der Waals surface area contributed by atoms with E-state index in [1.807, 2.05) is 19.1 Å². The maximum Gasteiger partial charge on any atom is 0.148 e. The van der Waals surface area contributed by atoms with E-state index in [0.717, 1.165) is 17.4 Å². The molecule has 2 unspecified atom stereocenters. The van der Waals surface area contributed by atoms with Crippen molar-refractivity contribution in [3.63, 3.8) is 0 Å². The van der Waals surface area contributed by atoms with E-state index in [-0.39, 0.29) is 0 Å². The molecule has 0 aliphatic heterocycles. The van der Waals surface area contributed by atoms with E-state index in [4.69, 9.17) is 0 Å². The molecule has 3 heteroatoms. The van der Waals surface area contributed by atoms with Crippen LogP contribution in [0.1, 0.15) is 31.9 Å². The number of rotatable bonds is 2. The number of anilines is 1. The van der Waals surface area contributed by atoms with Crippen LogP contribution in [-0.4, -0.2) is 16.2 Å². The fourth-order valence-corrected chi connectivity index (χ4v) is 2.02. The van der Waals surface area contributed by atoms with E-state index in [1.165, 1.54) is 19.3 Å². The molecule has 1 aliphatic rings. The summed E-state index contributed by atoms with van der Waals surface area (Å²) >= 11 is 0. The highest BCUT2D eigenvalue weighted by atomic mass is 15.2. The summed E-state index contributed by atoms with van der Waals surface area (Å²) in [4.78, 5) is 0.